The van der Waals surface area contributed by atoms with Crippen LogP contribution in [-0.2, 0) is 6.61 Å². The fourth-order valence-corrected chi connectivity index (χ4v) is 3.68. The number of ether oxygens (including phenoxy) is 2. The minimum Gasteiger partial charge on any atom is -0.493 e. The third-order valence-corrected chi connectivity index (χ3v) is 4.92. The SMILES string of the molecule is COc1cccc2c1OCc1c-2nc2cnc3ccccc3c2c1C.Cl. The lowest BCUT2D eigenvalue weighted by molar-refractivity contribution is 0.280. The molecule has 2 aromatic heterocycles. The Bertz CT molecular complexity index is 1160. The van der Waals surface area contributed by atoms with E-state index in [0.29, 0.717) is 6.61 Å². The summed E-state index contributed by atoms with van der Waals surface area (Å²) in [5, 5.41) is 2.28. The molecule has 0 saturated carbocycles. The monoisotopic (exact) mass is 364 g/mol. The van der Waals surface area contributed by atoms with Gasteiger partial charge in [-0.15, -0.1) is 12.4 Å². The van der Waals surface area contributed by atoms with Crippen LogP contribution in [0.1, 0.15) is 11.1 Å². The third kappa shape index (κ3) is 2.22. The molecule has 3 heterocycles. The number of hydrogen-bond acceptors (Lipinski definition) is 4. The third-order valence-electron chi connectivity index (χ3n) is 4.92. The number of halogens is 1. The molecule has 0 unspecified atom stereocenters. The van der Waals surface area contributed by atoms with Crippen LogP contribution in [0.25, 0.3) is 33.1 Å². The topological polar surface area (TPSA) is 44.2 Å². The maximum atomic E-state index is 6.03. The van der Waals surface area contributed by atoms with Crippen molar-refractivity contribution in [3.8, 4) is 22.8 Å². The summed E-state index contributed by atoms with van der Waals surface area (Å²) in [7, 11) is 1.66. The van der Waals surface area contributed by atoms with Crippen molar-refractivity contribution in [3.05, 3.63) is 59.8 Å². The van der Waals surface area contributed by atoms with Gasteiger partial charge in [-0.2, -0.15) is 0 Å². The predicted molar refractivity (Wildman–Crippen MR) is 105 cm³/mol. The van der Waals surface area contributed by atoms with E-state index >= 15 is 0 Å². The number of methoxy groups -OCH3 is 1. The van der Waals surface area contributed by atoms with Crippen molar-refractivity contribution in [2.24, 2.45) is 0 Å². The molecule has 0 amide bonds. The fraction of sp³-hybridized carbons (Fsp3) is 0.143. The number of pyridine rings is 2. The van der Waals surface area contributed by atoms with Crippen molar-refractivity contribution in [1.29, 1.82) is 0 Å². The quantitative estimate of drug-likeness (QED) is 0.442. The van der Waals surface area contributed by atoms with Crippen molar-refractivity contribution >= 4 is 34.2 Å². The second-order valence-corrected chi connectivity index (χ2v) is 6.23. The first-order valence-corrected chi connectivity index (χ1v) is 8.25. The van der Waals surface area contributed by atoms with Crippen molar-refractivity contribution in [2.75, 3.05) is 7.11 Å². The van der Waals surface area contributed by atoms with Crippen molar-refractivity contribution in [1.82, 2.24) is 9.97 Å². The lowest BCUT2D eigenvalue weighted by Crippen LogP contribution is -2.10. The molecule has 0 fully saturated rings. The van der Waals surface area contributed by atoms with Crippen LogP contribution in [0, 0.1) is 6.92 Å². The zero-order valence-corrected chi connectivity index (χ0v) is 15.3. The molecule has 5 rings (SSSR count). The summed E-state index contributed by atoms with van der Waals surface area (Å²) >= 11 is 0. The van der Waals surface area contributed by atoms with Gasteiger partial charge in [0.1, 0.15) is 6.61 Å². The zero-order chi connectivity index (χ0) is 17.0. The molecule has 1 aliphatic rings. The molecule has 26 heavy (non-hydrogen) atoms. The van der Waals surface area contributed by atoms with E-state index in [-0.39, 0.29) is 12.4 Å². The standard InChI is InChI=1S/C21H16N2O2.ClH/c1-12-15-11-25-21-14(7-5-9-18(21)24-2)20(15)23-17-10-22-16-8-4-3-6-13(16)19(12)17;/h3-10H,11H2,1-2H3;1H. The second kappa shape index (κ2) is 6.15. The maximum Gasteiger partial charge on any atom is 0.171 e. The van der Waals surface area contributed by atoms with Crippen LogP contribution in [-0.4, -0.2) is 17.1 Å². The molecule has 0 saturated heterocycles. The average molecular weight is 365 g/mol. The smallest absolute Gasteiger partial charge is 0.171 e. The molecule has 2 aromatic carbocycles. The minimum atomic E-state index is 0. The Balaban J connectivity index is 0.00000168. The number of para-hydroxylation sites is 2. The first-order chi connectivity index (χ1) is 12.3. The summed E-state index contributed by atoms with van der Waals surface area (Å²) in [6.45, 7) is 2.64. The van der Waals surface area contributed by atoms with Gasteiger partial charge in [-0.3, -0.25) is 4.98 Å². The highest BCUT2D eigenvalue weighted by atomic mass is 35.5. The molecule has 4 nitrogen and oxygen atoms in total. The Morgan fingerprint density at radius 2 is 1.88 bits per heavy atom. The maximum absolute atomic E-state index is 6.03. The van der Waals surface area contributed by atoms with E-state index in [0.717, 1.165) is 50.1 Å². The molecular formula is C21H17ClN2O2. The van der Waals surface area contributed by atoms with Crippen molar-refractivity contribution in [3.63, 3.8) is 0 Å². The zero-order valence-electron chi connectivity index (χ0n) is 14.4. The predicted octanol–water partition coefficient (Wildman–Crippen LogP) is 5.08. The van der Waals surface area contributed by atoms with Crippen LogP contribution in [0.2, 0.25) is 0 Å². The summed E-state index contributed by atoms with van der Waals surface area (Å²) in [5.74, 6) is 1.50. The normalized spacial score (nSPS) is 12.1. The number of rotatable bonds is 1. The van der Waals surface area contributed by atoms with Crippen LogP contribution in [0.5, 0.6) is 11.5 Å². The van der Waals surface area contributed by atoms with E-state index in [4.69, 9.17) is 14.5 Å². The summed E-state index contributed by atoms with van der Waals surface area (Å²) in [4.78, 5) is 9.52. The Morgan fingerprint density at radius 1 is 1.04 bits per heavy atom. The van der Waals surface area contributed by atoms with E-state index in [1.807, 2.05) is 42.6 Å². The highest BCUT2D eigenvalue weighted by Crippen LogP contribution is 2.44. The van der Waals surface area contributed by atoms with E-state index in [2.05, 4.69) is 18.0 Å². The van der Waals surface area contributed by atoms with Gasteiger partial charge in [0.15, 0.2) is 11.5 Å². The molecule has 0 atom stereocenters. The van der Waals surface area contributed by atoms with Crippen LogP contribution < -0.4 is 9.47 Å². The molecule has 0 spiro atoms. The lowest BCUT2D eigenvalue weighted by atomic mass is 9.94. The molecule has 130 valence electrons. The highest BCUT2D eigenvalue weighted by molar-refractivity contribution is 6.07. The highest BCUT2D eigenvalue weighted by Gasteiger charge is 2.25. The largest absolute Gasteiger partial charge is 0.493 e. The summed E-state index contributed by atoms with van der Waals surface area (Å²) in [5.41, 5.74) is 6.15. The van der Waals surface area contributed by atoms with Crippen molar-refractivity contribution in [2.45, 2.75) is 13.5 Å². The van der Waals surface area contributed by atoms with Gasteiger partial charge in [-0.25, -0.2) is 4.98 Å². The molecular weight excluding hydrogens is 348 g/mol. The Labute approximate surface area is 157 Å². The molecule has 1 aliphatic heterocycles. The van der Waals surface area contributed by atoms with Crippen LogP contribution >= 0.6 is 12.4 Å². The molecule has 0 aliphatic carbocycles. The van der Waals surface area contributed by atoms with Crippen LogP contribution in [0.15, 0.2) is 48.7 Å². The average Bonchev–Trinajstić information content (AvgIpc) is 2.67. The van der Waals surface area contributed by atoms with E-state index in [1.165, 1.54) is 5.56 Å². The Hall–Kier alpha value is -2.85. The molecule has 0 bridgehead atoms. The van der Waals surface area contributed by atoms with Gasteiger partial charge >= 0.3 is 0 Å². The van der Waals surface area contributed by atoms with Crippen LogP contribution in [0.4, 0.5) is 0 Å². The van der Waals surface area contributed by atoms with Gasteiger partial charge in [0.25, 0.3) is 0 Å². The van der Waals surface area contributed by atoms with E-state index in [9.17, 15) is 0 Å². The number of nitrogens with zero attached hydrogens (tertiary/aromatic N) is 2. The number of aryl methyl sites for hydroxylation is 1. The van der Waals surface area contributed by atoms with Gasteiger partial charge < -0.3 is 9.47 Å². The number of aromatic nitrogens is 2. The summed E-state index contributed by atoms with van der Waals surface area (Å²) < 4.78 is 11.5. The molecule has 0 radical (unpaired) electrons. The molecule has 5 heteroatoms. The van der Waals surface area contributed by atoms with Gasteiger partial charge in [0.05, 0.1) is 30.0 Å². The van der Waals surface area contributed by atoms with E-state index in [1.54, 1.807) is 7.11 Å². The summed E-state index contributed by atoms with van der Waals surface area (Å²) in [6, 6.07) is 14.1. The Morgan fingerprint density at radius 3 is 2.73 bits per heavy atom. The number of hydrogen-bond donors (Lipinski definition) is 0. The molecule has 4 aromatic rings. The first kappa shape index (κ1) is 16.6. The minimum absolute atomic E-state index is 0. The van der Waals surface area contributed by atoms with Gasteiger partial charge in [-0.1, -0.05) is 24.3 Å². The number of fused-ring (bicyclic) bond motifs is 6. The molecule has 0 N–H and O–H groups in total. The fourth-order valence-electron chi connectivity index (χ4n) is 3.68. The van der Waals surface area contributed by atoms with Crippen LogP contribution in [0.3, 0.4) is 0 Å². The lowest BCUT2D eigenvalue weighted by Gasteiger charge is -2.24. The van der Waals surface area contributed by atoms with Gasteiger partial charge in [0, 0.05) is 21.9 Å². The van der Waals surface area contributed by atoms with Gasteiger partial charge in [-0.05, 0) is 30.7 Å². The number of benzene rings is 2. The van der Waals surface area contributed by atoms with Gasteiger partial charge in [0.2, 0.25) is 0 Å². The van der Waals surface area contributed by atoms with E-state index < -0.39 is 0 Å². The first-order valence-electron chi connectivity index (χ1n) is 8.25. The second-order valence-electron chi connectivity index (χ2n) is 6.23. The van der Waals surface area contributed by atoms with Crippen molar-refractivity contribution < 1.29 is 9.47 Å². The summed E-state index contributed by atoms with van der Waals surface area (Å²) in [6.07, 6.45) is 1.86. The Kier molecular flexibility index (Phi) is 3.93.